The van der Waals surface area contributed by atoms with E-state index in [4.69, 9.17) is 11.6 Å². The fourth-order valence-electron chi connectivity index (χ4n) is 3.06. The molecule has 0 spiro atoms. The number of aromatic nitrogens is 1. The Bertz CT molecular complexity index is 823. The third-order valence-corrected chi connectivity index (χ3v) is 4.91. The van der Waals surface area contributed by atoms with Gasteiger partial charge in [0.25, 0.3) is 0 Å². The van der Waals surface area contributed by atoms with Gasteiger partial charge in [0.1, 0.15) is 5.82 Å². The molecule has 8 heteroatoms. The number of nitrogens with zero attached hydrogens (tertiary/aromatic N) is 3. The Balaban J connectivity index is 1.39. The van der Waals surface area contributed by atoms with Gasteiger partial charge in [0.2, 0.25) is 5.91 Å². The number of aryl methyl sites for hydroxylation is 1. The highest BCUT2D eigenvalue weighted by Crippen LogP contribution is 2.20. The first-order valence-electron chi connectivity index (χ1n) is 9.27. The molecule has 7 nitrogen and oxygen atoms in total. The van der Waals surface area contributed by atoms with Crippen LogP contribution in [0.1, 0.15) is 12.0 Å². The average Bonchev–Trinajstić information content (AvgIpc) is 2.71. The summed E-state index contributed by atoms with van der Waals surface area (Å²) in [5.41, 5.74) is 1.57. The van der Waals surface area contributed by atoms with Gasteiger partial charge in [-0.2, -0.15) is 0 Å². The molecule has 2 heterocycles. The van der Waals surface area contributed by atoms with E-state index >= 15 is 0 Å². The quantitative estimate of drug-likeness (QED) is 0.807. The molecule has 0 aliphatic carbocycles. The monoisotopic (exact) mass is 401 g/mol. The molecule has 0 radical (unpaired) electrons. The maximum Gasteiger partial charge on any atom is 0.319 e. The van der Waals surface area contributed by atoms with Crippen LogP contribution in [0.3, 0.4) is 0 Å². The molecule has 1 aliphatic heterocycles. The smallest absolute Gasteiger partial charge is 0.319 e. The van der Waals surface area contributed by atoms with Crippen molar-refractivity contribution in [2.75, 3.05) is 42.9 Å². The number of urea groups is 1. The number of carbonyl (C=O) groups is 2. The van der Waals surface area contributed by atoms with Crippen LogP contribution >= 0.6 is 11.6 Å². The summed E-state index contributed by atoms with van der Waals surface area (Å²) in [6.07, 6.45) is 2.04. The number of carbonyl (C=O) groups excluding carboxylic acids is 2. The molecule has 3 rings (SSSR count). The molecular weight excluding hydrogens is 378 g/mol. The van der Waals surface area contributed by atoms with Gasteiger partial charge in [0.05, 0.1) is 0 Å². The average molecular weight is 402 g/mol. The van der Waals surface area contributed by atoms with E-state index in [-0.39, 0.29) is 24.9 Å². The number of benzene rings is 1. The van der Waals surface area contributed by atoms with Crippen LogP contribution < -0.4 is 15.5 Å². The van der Waals surface area contributed by atoms with Crippen LogP contribution in [0.15, 0.2) is 42.6 Å². The fraction of sp³-hybridized carbons (Fsp3) is 0.350. The van der Waals surface area contributed by atoms with Crippen molar-refractivity contribution in [3.8, 4) is 0 Å². The topological polar surface area (TPSA) is 77.6 Å². The highest BCUT2D eigenvalue weighted by Gasteiger charge is 2.21. The van der Waals surface area contributed by atoms with Crippen molar-refractivity contribution in [1.29, 1.82) is 0 Å². The van der Waals surface area contributed by atoms with E-state index in [0.29, 0.717) is 23.8 Å². The van der Waals surface area contributed by atoms with E-state index in [9.17, 15) is 9.59 Å². The number of piperazine rings is 1. The van der Waals surface area contributed by atoms with Crippen LogP contribution in [0.2, 0.25) is 5.02 Å². The number of anilines is 2. The first-order chi connectivity index (χ1) is 13.5. The minimum atomic E-state index is -0.349. The highest BCUT2D eigenvalue weighted by molar-refractivity contribution is 6.31. The minimum Gasteiger partial charge on any atom is -0.353 e. The number of hydrogen-bond acceptors (Lipinski definition) is 4. The number of amides is 3. The van der Waals surface area contributed by atoms with Gasteiger partial charge in [-0.1, -0.05) is 23.7 Å². The lowest BCUT2D eigenvalue weighted by Gasteiger charge is -2.35. The lowest BCUT2D eigenvalue weighted by molar-refractivity contribution is -0.131. The van der Waals surface area contributed by atoms with Gasteiger partial charge in [-0.15, -0.1) is 0 Å². The summed E-state index contributed by atoms with van der Waals surface area (Å²) in [5, 5.41) is 6.03. The zero-order chi connectivity index (χ0) is 19.9. The van der Waals surface area contributed by atoms with Crippen LogP contribution in [0.4, 0.5) is 16.3 Å². The molecule has 148 valence electrons. The van der Waals surface area contributed by atoms with Gasteiger partial charge >= 0.3 is 6.03 Å². The van der Waals surface area contributed by atoms with Crippen molar-refractivity contribution in [2.24, 2.45) is 0 Å². The van der Waals surface area contributed by atoms with Crippen molar-refractivity contribution in [1.82, 2.24) is 15.2 Å². The van der Waals surface area contributed by atoms with Crippen molar-refractivity contribution >= 4 is 35.0 Å². The fourth-order valence-corrected chi connectivity index (χ4v) is 3.23. The number of pyridine rings is 1. The largest absolute Gasteiger partial charge is 0.353 e. The van der Waals surface area contributed by atoms with Gasteiger partial charge in [0.15, 0.2) is 0 Å². The first kappa shape index (κ1) is 19.9. The highest BCUT2D eigenvalue weighted by atomic mass is 35.5. The van der Waals surface area contributed by atoms with E-state index in [1.165, 1.54) is 0 Å². The Morgan fingerprint density at radius 3 is 2.64 bits per heavy atom. The Morgan fingerprint density at radius 2 is 1.93 bits per heavy atom. The molecular formula is C20H24ClN5O2. The summed E-state index contributed by atoms with van der Waals surface area (Å²) in [6, 6.07) is 10.8. The van der Waals surface area contributed by atoms with Crippen LogP contribution in [0, 0.1) is 6.92 Å². The second kappa shape index (κ2) is 9.41. The van der Waals surface area contributed by atoms with Crippen molar-refractivity contribution in [2.45, 2.75) is 13.3 Å². The molecule has 2 N–H and O–H groups in total. The number of rotatable bonds is 5. The Kier molecular flexibility index (Phi) is 6.71. The van der Waals surface area contributed by atoms with E-state index in [0.717, 1.165) is 24.5 Å². The van der Waals surface area contributed by atoms with Crippen LogP contribution in [0.5, 0.6) is 0 Å². The standard InChI is InChI=1S/C20H24ClN5O2/c1-15-5-6-16(21)14-17(15)24-20(28)23-9-7-19(27)26-12-10-25(11-13-26)18-4-2-3-8-22-18/h2-6,8,14H,7,9-13H2,1H3,(H2,23,24,28). The predicted octanol–water partition coefficient (Wildman–Crippen LogP) is 2.90. The molecule has 1 aromatic heterocycles. The minimum absolute atomic E-state index is 0.0416. The molecule has 0 bridgehead atoms. The van der Waals surface area contributed by atoms with Crippen molar-refractivity contribution in [3.05, 3.63) is 53.2 Å². The van der Waals surface area contributed by atoms with E-state index in [1.807, 2.05) is 36.1 Å². The summed E-state index contributed by atoms with van der Waals surface area (Å²) in [5.74, 6) is 0.976. The Hall–Kier alpha value is -2.80. The molecule has 0 unspecified atom stereocenters. The van der Waals surface area contributed by atoms with Gasteiger partial charge in [-0.25, -0.2) is 9.78 Å². The van der Waals surface area contributed by atoms with E-state index in [1.54, 1.807) is 18.3 Å². The van der Waals surface area contributed by atoms with Crippen LogP contribution in [0.25, 0.3) is 0 Å². The molecule has 3 amide bonds. The molecule has 1 fully saturated rings. The molecule has 2 aromatic rings. The number of nitrogens with one attached hydrogen (secondary N) is 2. The SMILES string of the molecule is Cc1ccc(Cl)cc1NC(=O)NCCC(=O)N1CCN(c2ccccn2)CC1. The van der Waals surface area contributed by atoms with Gasteiger partial charge in [-0.3, -0.25) is 4.79 Å². The van der Waals surface area contributed by atoms with Crippen molar-refractivity contribution < 1.29 is 9.59 Å². The maximum absolute atomic E-state index is 12.4. The summed E-state index contributed by atoms with van der Waals surface area (Å²) < 4.78 is 0. The normalized spacial score (nSPS) is 13.9. The van der Waals surface area contributed by atoms with Gasteiger partial charge < -0.3 is 20.4 Å². The van der Waals surface area contributed by atoms with E-state index < -0.39 is 0 Å². The molecule has 1 saturated heterocycles. The third kappa shape index (κ3) is 5.36. The second-order valence-corrected chi connectivity index (χ2v) is 7.08. The third-order valence-electron chi connectivity index (χ3n) is 4.68. The van der Waals surface area contributed by atoms with Gasteiger partial charge in [-0.05, 0) is 36.8 Å². The van der Waals surface area contributed by atoms with Crippen molar-refractivity contribution in [3.63, 3.8) is 0 Å². The first-order valence-corrected chi connectivity index (χ1v) is 9.65. The molecule has 0 atom stereocenters. The maximum atomic E-state index is 12.4. The molecule has 1 aliphatic rings. The summed E-state index contributed by atoms with van der Waals surface area (Å²) >= 11 is 5.95. The van der Waals surface area contributed by atoms with Crippen LogP contribution in [-0.4, -0.2) is 54.5 Å². The van der Waals surface area contributed by atoms with Crippen LogP contribution in [-0.2, 0) is 4.79 Å². The predicted molar refractivity (Wildman–Crippen MR) is 111 cm³/mol. The lowest BCUT2D eigenvalue weighted by atomic mass is 10.2. The molecule has 0 saturated carbocycles. The Morgan fingerprint density at radius 1 is 1.14 bits per heavy atom. The Labute approximate surface area is 169 Å². The number of halogens is 1. The summed E-state index contributed by atoms with van der Waals surface area (Å²) in [6.45, 7) is 4.99. The number of hydrogen-bond donors (Lipinski definition) is 2. The van der Waals surface area contributed by atoms with Gasteiger partial charge in [0, 0.05) is 56.1 Å². The second-order valence-electron chi connectivity index (χ2n) is 6.65. The summed E-state index contributed by atoms with van der Waals surface area (Å²) in [4.78, 5) is 32.8. The van der Waals surface area contributed by atoms with E-state index in [2.05, 4.69) is 20.5 Å². The molecule has 1 aromatic carbocycles. The zero-order valence-electron chi connectivity index (χ0n) is 15.8. The lowest BCUT2D eigenvalue weighted by Crippen LogP contribution is -2.49. The summed E-state index contributed by atoms with van der Waals surface area (Å²) in [7, 11) is 0. The molecule has 28 heavy (non-hydrogen) atoms. The zero-order valence-corrected chi connectivity index (χ0v) is 16.6.